The molecule has 0 spiro atoms. The van der Waals surface area contributed by atoms with Crippen LogP contribution in [0.25, 0.3) is 103 Å². The number of rotatable bonds is 4. The second-order valence-corrected chi connectivity index (χ2v) is 15.2. The molecule has 9 aromatic carbocycles. The van der Waals surface area contributed by atoms with Gasteiger partial charge in [-0.25, -0.2) is 0 Å². The first-order chi connectivity index (χ1) is 26.2. The zero-order chi connectivity index (χ0) is 35.0. The van der Waals surface area contributed by atoms with Crippen molar-refractivity contribution in [1.82, 2.24) is 4.57 Å². The Bertz CT molecular complexity index is 3160. The number of thiophene rings is 1. The Morgan fingerprint density at radius 2 is 0.906 bits per heavy atom. The normalized spacial score (nSPS) is 11.9. The molecule has 53 heavy (non-hydrogen) atoms. The number of hydrogen-bond donors (Lipinski definition) is 0. The molecule has 0 amide bonds. The summed E-state index contributed by atoms with van der Waals surface area (Å²) >= 11 is 1.89. The van der Waals surface area contributed by atoms with Crippen LogP contribution >= 0.6 is 11.3 Å². The second kappa shape index (κ2) is 11.8. The first-order valence-corrected chi connectivity index (χ1v) is 19.1. The van der Waals surface area contributed by atoms with Crippen molar-refractivity contribution < 1.29 is 0 Å². The molecule has 0 atom stereocenters. The fourth-order valence-corrected chi connectivity index (χ4v) is 9.93. The lowest BCUT2D eigenvalue weighted by Crippen LogP contribution is -1.95. The van der Waals surface area contributed by atoms with Gasteiger partial charge in [-0.1, -0.05) is 145 Å². The SMILES string of the molecule is Cc1ccc2c(c1)c1cc(-c3cccc4c3sc3ccccc34)ccc1n2-c1ccc(-c2c3ccccc3c(-c3ccccc3)c3ccccc23)cc1. The van der Waals surface area contributed by atoms with Crippen molar-refractivity contribution in [3.63, 3.8) is 0 Å². The average molecular weight is 692 g/mol. The second-order valence-electron chi connectivity index (χ2n) is 14.1. The van der Waals surface area contributed by atoms with Crippen molar-refractivity contribution in [1.29, 1.82) is 0 Å². The third kappa shape index (κ3) is 4.63. The molecule has 0 bridgehead atoms. The van der Waals surface area contributed by atoms with Crippen LogP contribution in [0.5, 0.6) is 0 Å². The van der Waals surface area contributed by atoms with E-state index < -0.39 is 0 Å². The molecule has 0 saturated carbocycles. The van der Waals surface area contributed by atoms with Gasteiger partial charge in [-0.2, -0.15) is 0 Å². The Kier molecular flexibility index (Phi) is 6.71. The number of nitrogens with zero attached hydrogens (tertiary/aromatic N) is 1. The van der Waals surface area contributed by atoms with Crippen LogP contribution in [0.1, 0.15) is 5.56 Å². The maximum Gasteiger partial charge on any atom is 0.0541 e. The Labute approximate surface area is 311 Å². The van der Waals surface area contributed by atoms with E-state index >= 15 is 0 Å². The fraction of sp³-hybridized carbons (Fsp3) is 0.0196. The fourth-order valence-electron chi connectivity index (χ4n) is 8.69. The molecule has 1 nitrogen and oxygen atoms in total. The standard InChI is InChI=1S/C51H33NS/c1-32-22-28-46-44(30-32)45-31-35(37-19-11-20-43-38-14-9-10-21-48(38)53-51(37)43)25-29-47(45)52(46)36-26-23-34(24-27-36)50-41-17-7-5-15-39(41)49(33-12-3-2-4-13-33)40-16-6-8-18-42(40)50/h2-31H,1H3. The van der Waals surface area contributed by atoms with Crippen molar-refractivity contribution >= 4 is 74.9 Å². The average Bonchev–Trinajstić information content (AvgIpc) is 3.75. The van der Waals surface area contributed by atoms with Crippen molar-refractivity contribution in [2.24, 2.45) is 0 Å². The van der Waals surface area contributed by atoms with Crippen molar-refractivity contribution in [2.45, 2.75) is 6.92 Å². The molecule has 2 heterocycles. The smallest absolute Gasteiger partial charge is 0.0541 e. The lowest BCUT2D eigenvalue weighted by molar-refractivity contribution is 1.18. The highest BCUT2D eigenvalue weighted by Crippen LogP contribution is 2.45. The van der Waals surface area contributed by atoms with Gasteiger partial charge in [0.25, 0.3) is 0 Å². The lowest BCUT2D eigenvalue weighted by Gasteiger charge is -2.18. The summed E-state index contributed by atoms with van der Waals surface area (Å²) in [5.74, 6) is 0. The highest BCUT2D eigenvalue weighted by Gasteiger charge is 2.19. The predicted octanol–water partition coefficient (Wildman–Crippen LogP) is 14.8. The summed E-state index contributed by atoms with van der Waals surface area (Å²) in [7, 11) is 0. The van der Waals surface area contributed by atoms with Crippen LogP contribution in [0.3, 0.4) is 0 Å². The molecule has 0 radical (unpaired) electrons. The van der Waals surface area contributed by atoms with Gasteiger partial charge in [-0.3, -0.25) is 0 Å². The molecule has 0 aliphatic carbocycles. The van der Waals surface area contributed by atoms with Gasteiger partial charge in [0.2, 0.25) is 0 Å². The van der Waals surface area contributed by atoms with Crippen LogP contribution in [0, 0.1) is 6.92 Å². The van der Waals surface area contributed by atoms with Crippen LogP contribution in [0.2, 0.25) is 0 Å². The molecule has 11 aromatic rings. The monoisotopic (exact) mass is 691 g/mol. The number of hydrogen-bond acceptors (Lipinski definition) is 1. The van der Waals surface area contributed by atoms with E-state index in [1.807, 2.05) is 11.3 Å². The molecule has 2 heteroatoms. The van der Waals surface area contributed by atoms with E-state index in [0.717, 1.165) is 5.69 Å². The molecule has 0 fully saturated rings. The van der Waals surface area contributed by atoms with Gasteiger partial charge < -0.3 is 4.57 Å². The van der Waals surface area contributed by atoms with Gasteiger partial charge in [0, 0.05) is 36.6 Å². The summed E-state index contributed by atoms with van der Waals surface area (Å²) in [5, 5.41) is 10.3. The summed E-state index contributed by atoms with van der Waals surface area (Å²) in [6, 6.07) is 67.2. The van der Waals surface area contributed by atoms with E-state index in [1.165, 1.54) is 102 Å². The van der Waals surface area contributed by atoms with Gasteiger partial charge in [-0.05, 0) is 104 Å². The van der Waals surface area contributed by atoms with Gasteiger partial charge in [0.1, 0.15) is 0 Å². The molecule has 0 N–H and O–H groups in total. The summed E-state index contributed by atoms with van der Waals surface area (Å²) in [5.41, 5.74) is 12.4. The topological polar surface area (TPSA) is 4.93 Å². The molecular weight excluding hydrogens is 659 g/mol. The molecule has 0 saturated heterocycles. The molecule has 0 aliphatic rings. The third-order valence-electron chi connectivity index (χ3n) is 11.0. The minimum absolute atomic E-state index is 1.16. The Balaban J connectivity index is 1.09. The van der Waals surface area contributed by atoms with E-state index in [9.17, 15) is 0 Å². The Morgan fingerprint density at radius 1 is 0.377 bits per heavy atom. The maximum atomic E-state index is 2.44. The summed E-state index contributed by atoms with van der Waals surface area (Å²) in [4.78, 5) is 0. The highest BCUT2D eigenvalue weighted by molar-refractivity contribution is 7.26. The van der Waals surface area contributed by atoms with E-state index in [1.54, 1.807) is 0 Å². The first kappa shape index (κ1) is 30.2. The van der Waals surface area contributed by atoms with Crippen molar-refractivity contribution in [2.75, 3.05) is 0 Å². The van der Waals surface area contributed by atoms with Crippen LogP contribution in [0.15, 0.2) is 182 Å². The van der Waals surface area contributed by atoms with Crippen LogP contribution in [-0.2, 0) is 0 Å². The molecule has 248 valence electrons. The predicted molar refractivity (Wildman–Crippen MR) is 230 cm³/mol. The van der Waals surface area contributed by atoms with Crippen molar-refractivity contribution in [3.8, 4) is 39.1 Å². The van der Waals surface area contributed by atoms with Crippen LogP contribution < -0.4 is 0 Å². The van der Waals surface area contributed by atoms with Crippen LogP contribution in [0.4, 0.5) is 0 Å². The van der Waals surface area contributed by atoms with E-state index in [0.29, 0.717) is 0 Å². The highest BCUT2D eigenvalue weighted by atomic mass is 32.1. The van der Waals surface area contributed by atoms with E-state index in [2.05, 4.69) is 193 Å². The van der Waals surface area contributed by atoms with Gasteiger partial charge in [0.05, 0.1) is 11.0 Å². The molecule has 0 unspecified atom stereocenters. The number of aryl methyl sites for hydroxylation is 1. The number of benzene rings is 9. The minimum Gasteiger partial charge on any atom is -0.309 e. The molecule has 11 rings (SSSR count). The summed E-state index contributed by atoms with van der Waals surface area (Å²) in [6.45, 7) is 2.19. The minimum atomic E-state index is 1.16. The third-order valence-corrected chi connectivity index (χ3v) is 12.3. The van der Waals surface area contributed by atoms with E-state index in [-0.39, 0.29) is 0 Å². The largest absolute Gasteiger partial charge is 0.309 e. The van der Waals surface area contributed by atoms with Crippen molar-refractivity contribution in [3.05, 3.63) is 188 Å². The number of fused-ring (bicyclic) bond motifs is 8. The summed E-state index contributed by atoms with van der Waals surface area (Å²) in [6.07, 6.45) is 0. The molecular formula is C51H33NS. The van der Waals surface area contributed by atoms with Gasteiger partial charge in [0.15, 0.2) is 0 Å². The van der Waals surface area contributed by atoms with Gasteiger partial charge in [-0.15, -0.1) is 11.3 Å². The Morgan fingerprint density at radius 3 is 1.58 bits per heavy atom. The zero-order valence-corrected chi connectivity index (χ0v) is 30.0. The molecule has 0 aliphatic heterocycles. The zero-order valence-electron chi connectivity index (χ0n) is 29.2. The van der Waals surface area contributed by atoms with E-state index in [4.69, 9.17) is 0 Å². The quantitative estimate of drug-likeness (QED) is 0.162. The van der Waals surface area contributed by atoms with Gasteiger partial charge >= 0.3 is 0 Å². The van der Waals surface area contributed by atoms with Crippen LogP contribution in [-0.4, -0.2) is 4.57 Å². The molecule has 2 aromatic heterocycles. The first-order valence-electron chi connectivity index (χ1n) is 18.3. The summed E-state index contributed by atoms with van der Waals surface area (Å²) < 4.78 is 5.12. The number of aromatic nitrogens is 1. The maximum absolute atomic E-state index is 2.44. The Hall–Kier alpha value is -6.48. The lowest BCUT2D eigenvalue weighted by atomic mass is 9.86.